The lowest BCUT2D eigenvalue weighted by Gasteiger charge is -2.33. The van der Waals surface area contributed by atoms with Gasteiger partial charge in [-0.1, -0.05) is 32.1 Å². The molecule has 3 aliphatic heterocycles. The van der Waals surface area contributed by atoms with Gasteiger partial charge in [0.25, 0.3) is 0 Å². The summed E-state index contributed by atoms with van der Waals surface area (Å²) < 4.78 is 32.0. The molecule has 0 aliphatic carbocycles. The van der Waals surface area contributed by atoms with Gasteiger partial charge >= 0.3 is 12.1 Å². The molecule has 3 aliphatic rings. The first kappa shape index (κ1) is 32.0. The number of esters is 1. The molecule has 232 valence electrons. The number of piperazine rings is 1. The van der Waals surface area contributed by atoms with Crippen molar-refractivity contribution in [2.75, 3.05) is 64.4 Å². The summed E-state index contributed by atoms with van der Waals surface area (Å²) in [6, 6.07) is 4.97. The number of carbonyl (C=O) groups excluding carboxylic acids is 2. The van der Waals surface area contributed by atoms with Crippen molar-refractivity contribution in [1.29, 1.82) is 0 Å². The Morgan fingerprint density at radius 2 is 1.79 bits per heavy atom. The van der Waals surface area contributed by atoms with Crippen molar-refractivity contribution in [2.24, 2.45) is 11.8 Å². The summed E-state index contributed by atoms with van der Waals surface area (Å²) in [5.41, 5.74) is 2.09. The van der Waals surface area contributed by atoms with Crippen LogP contribution in [0.15, 0.2) is 35.9 Å². The number of cyclic esters (lactones) is 1. The first-order valence-electron chi connectivity index (χ1n) is 15.1. The lowest BCUT2D eigenvalue weighted by atomic mass is 9.91. The first-order valence-corrected chi connectivity index (χ1v) is 15.1. The SMILES string of the molecule is C/C(=C\c1ccc(F)c(N2CCOCC2)c1)[C@H]1OC(=O)C[C@H](O)CC[C@H](C)[C@H](OC(=O)N2CCN(C)CC2)/C=C/[C@@H]1C. The number of hydrogen-bond acceptors (Lipinski definition) is 8. The Bertz CT molecular complexity index is 1130. The highest BCUT2D eigenvalue weighted by Gasteiger charge is 2.29. The molecule has 0 unspecified atom stereocenters. The van der Waals surface area contributed by atoms with Crippen LogP contribution in [0.2, 0.25) is 0 Å². The molecule has 0 bridgehead atoms. The van der Waals surface area contributed by atoms with E-state index in [0.717, 1.165) is 24.2 Å². The number of halogens is 1. The standard InChI is InChI=1S/C32H46FN3O6/c1-22-5-8-26(37)21-30(38)42-31(23(2)6-10-29(22)41-32(39)36-13-11-34(4)12-14-36)24(3)19-25-7-9-27(33)28(20-25)35-15-17-40-18-16-35/h6-7,9-10,19-20,22-23,26,29,31,37H,5,8,11-18,21H2,1-4H3/b10-6+,24-19+/t22-,23-,26+,29+,31-/m0/s1. The van der Waals surface area contributed by atoms with Crippen LogP contribution in [0.25, 0.3) is 6.08 Å². The average molecular weight is 588 g/mol. The number of anilines is 1. The van der Waals surface area contributed by atoms with Gasteiger partial charge in [0, 0.05) is 45.2 Å². The molecule has 2 fully saturated rings. The van der Waals surface area contributed by atoms with Gasteiger partial charge in [-0.3, -0.25) is 4.79 Å². The van der Waals surface area contributed by atoms with Crippen LogP contribution in [0, 0.1) is 17.7 Å². The van der Waals surface area contributed by atoms with E-state index in [1.807, 2.05) is 50.9 Å². The van der Waals surface area contributed by atoms with Gasteiger partial charge < -0.3 is 34.0 Å². The number of ether oxygens (including phenoxy) is 3. The molecule has 0 saturated carbocycles. The molecule has 3 heterocycles. The number of hydrogen-bond donors (Lipinski definition) is 1. The third-order valence-corrected chi connectivity index (χ3v) is 8.42. The van der Waals surface area contributed by atoms with Gasteiger partial charge in [0.2, 0.25) is 0 Å². The molecule has 1 amide bonds. The molecule has 1 N–H and O–H groups in total. The minimum atomic E-state index is -0.856. The monoisotopic (exact) mass is 587 g/mol. The minimum absolute atomic E-state index is 0.0529. The van der Waals surface area contributed by atoms with Crippen molar-refractivity contribution in [3.05, 3.63) is 47.3 Å². The van der Waals surface area contributed by atoms with Gasteiger partial charge in [-0.15, -0.1) is 0 Å². The summed E-state index contributed by atoms with van der Waals surface area (Å²) in [7, 11) is 2.03. The predicted octanol–water partition coefficient (Wildman–Crippen LogP) is 4.10. The maximum absolute atomic E-state index is 14.7. The van der Waals surface area contributed by atoms with Crippen molar-refractivity contribution in [3.8, 4) is 0 Å². The van der Waals surface area contributed by atoms with Crippen LogP contribution in [0.5, 0.6) is 0 Å². The van der Waals surface area contributed by atoms with Gasteiger partial charge in [0.15, 0.2) is 0 Å². The Morgan fingerprint density at radius 3 is 2.50 bits per heavy atom. The molecular formula is C32H46FN3O6. The van der Waals surface area contributed by atoms with Crippen LogP contribution in [0.4, 0.5) is 14.9 Å². The second kappa shape index (κ2) is 15.0. The maximum Gasteiger partial charge on any atom is 0.410 e. The number of morpholine rings is 1. The molecular weight excluding hydrogens is 541 g/mol. The van der Waals surface area contributed by atoms with Crippen LogP contribution >= 0.6 is 0 Å². The van der Waals surface area contributed by atoms with Crippen LogP contribution in [0.3, 0.4) is 0 Å². The summed E-state index contributed by atoms with van der Waals surface area (Å²) >= 11 is 0. The van der Waals surface area contributed by atoms with Gasteiger partial charge in [-0.25, -0.2) is 9.18 Å². The number of nitrogens with zero attached hydrogens (tertiary/aromatic N) is 3. The van der Waals surface area contributed by atoms with E-state index >= 15 is 0 Å². The van der Waals surface area contributed by atoms with E-state index in [-0.39, 0.29) is 30.2 Å². The van der Waals surface area contributed by atoms with Crippen molar-refractivity contribution in [2.45, 2.75) is 58.3 Å². The van der Waals surface area contributed by atoms with E-state index in [1.54, 1.807) is 17.0 Å². The van der Waals surface area contributed by atoms with Crippen LogP contribution in [-0.2, 0) is 19.0 Å². The number of aliphatic hydroxyl groups is 1. The van der Waals surface area contributed by atoms with Crippen LogP contribution in [-0.4, -0.2) is 105 Å². The highest BCUT2D eigenvalue weighted by atomic mass is 19.1. The van der Waals surface area contributed by atoms with Gasteiger partial charge in [0.05, 0.1) is 31.4 Å². The Labute approximate surface area is 248 Å². The quantitative estimate of drug-likeness (QED) is 0.416. The van der Waals surface area contributed by atoms with Gasteiger partial charge in [-0.05, 0) is 62.1 Å². The Hall–Kier alpha value is -2.95. The number of amides is 1. The third kappa shape index (κ3) is 8.78. The molecule has 1 aromatic carbocycles. The Kier molecular flexibility index (Phi) is 11.4. The zero-order valence-electron chi connectivity index (χ0n) is 25.3. The fourth-order valence-electron chi connectivity index (χ4n) is 5.64. The number of carbonyl (C=O) groups is 2. The number of benzene rings is 1. The van der Waals surface area contributed by atoms with E-state index in [0.29, 0.717) is 57.9 Å². The van der Waals surface area contributed by atoms with E-state index in [4.69, 9.17) is 14.2 Å². The first-order chi connectivity index (χ1) is 20.1. The van der Waals surface area contributed by atoms with Crippen molar-refractivity contribution >= 4 is 23.8 Å². The summed E-state index contributed by atoms with van der Waals surface area (Å²) in [6.45, 7) is 11.0. The second-order valence-electron chi connectivity index (χ2n) is 11.9. The summed E-state index contributed by atoms with van der Waals surface area (Å²) in [5.74, 6) is -1.07. The largest absolute Gasteiger partial charge is 0.457 e. The maximum atomic E-state index is 14.7. The highest BCUT2D eigenvalue weighted by molar-refractivity contribution is 5.71. The van der Waals surface area contributed by atoms with Crippen LogP contribution in [0.1, 0.15) is 45.6 Å². The Balaban J connectivity index is 1.55. The Morgan fingerprint density at radius 1 is 1.07 bits per heavy atom. The normalized spacial score (nSPS) is 29.7. The zero-order valence-corrected chi connectivity index (χ0v) is 25.3. The zero-order chi connectivity index (χ0) is 30.2. The van der Waals surface area contributed by atoms with Crippen LogP contribution < -0.4 is 4.90 Å². The molecule has 0 radical (unpaired) electrons. The molecule has 10 heteroatoms. The predicted molar refractivity (Wildman–Crippen MR) is 160 cm³/mol. The van der Waals surface area contributed by atoms with Crippen molar-refractivity contribution < 1.29 is 33.3 Å². The molecule has 2 saturated heterocycles. The summed E-state index contributed by atoms with van der Waals surface area (Å²) in [6.07, 6.45) is 4.30. The highest BCUT2D eigenvalue weighted by Crippen LogP contribution is 2.28. The lowest BCUT2D eigenvalue weighted by Crippen LogP contribution is -2.48. The molecule has 9 nitrogen and oxygen atoms in total. The van der Waals surface area contributed by atoms with Crippen molar-refractivity contribution in [3.63, 3.8) is 0 Å². The fraction of sp³-hybridized carbons (Fsp3) is 0.625. The fourth-order valence-corrected chi connectivity index (χ4v) is 5.64. The number of aliphatic hydroxyl groups excluding tert-OH is 1. The molecule has 42 heavy (non-hydrogen) atoms. The van der Waals surface area contributed by atoms with Crippen molar-refractivity contribution in [1.82, 2.24) is 9.80 Å². The average Bonchev–Trinajstić information content (AvgIpc) is 2.97. The molecule has 4 rings (SSSR count). The molecule has 0 spiro atoms. The molecule has 0 aromatic heterocycles. The molecule has 1 aromatic rings. The summed E-state index contributed by atoms with van der Waals surface area (Å²) in [5, 5.41) is 10.6. The van der Waals surface area contributed by atoms with E-state index in [9.17, 15) is 19.1 Å². The lowest BCUT2D eigenvalue weighted by molar-refractivity contribution is -0.151. The topological polar surface area (TPSA) is 91.8 Å². The smallest absolute Gasteiger partial charge is 0.410 e. The van der Waals surface area contributed by atoms with E-state index < -0.39 is 24.3 Å². The second-order valence-corrected chi connectivity index (χ2v) is 11.9. The van der Waals surface area contributed by atoms with E-state index in [1.165, 1.54) is 6.07 Å². The van der Waals surface area contributed by atoms with Gasteiger partial charge in [-0.2, -0.15) is 0 Å². The minimum Gasteiger partial charge on any atom is -0.457 e. The third-order valence-electron chi connectivity index (χ3n) is 8.42. The van der Waals surface area contributed by atoms with Gasteiger partial charge in [0.1, 0.15) is 18.0 Å². The summed E-state index contributed by atoms with van der Waals surface area (Å²) in [4.78, 5) is 31.7. The number of rotatable bonds is 4. The van der Waals surface area contributed by atoms with E-state index in [2.05, 4.69) is 4.90 Å². The molecule has 5 atom stereocenters. The number of likely N-dealkylation sites (N-methyl/N-ethyl adjacent to an activating group) is 1.